The summed E-state index contributed by atoms with van der Waals surface area (Å²) in [6.07, 6.45) is 0.968. The molecular formula is C27H51N3O10. The first-order valence-electron chi connectivity index (χ1n) is 13.9. The predicted molar refractivity (Wildman–Crippen MR) is 147 cm³/mol. The summed E-state index contributed by atoms with van der Waals surface area (Å²) in [7, 11) is 1.37. The number of alkyl carbamates (subject to hydrolysis) is 1. The second-order valence-electron chi connectivity index (χ2n) is 9.53. The van der Waals surface area contributed by atoms with E-state index in [1.165, 1.54) is 7.11 Å². The number of methoxy groups -OCH3 is 1. The summed E-state index contributed by atoms with van der Waals surface area (Å²) < 4.78 is 42.7. The van der Waals surface area contributed by atoms with Crippen LogP contribution in [0.3, 0.4) is 0 Å². The summed E-state index contributed by atoms with van der Waals surface area (Å²) >= 11 is 0. The normalized spacial score (nSPS) is 11.4. The van der Waals surface area contributed by atoms with Gasteiger partial charge in [-0.2, -0.15) is 5.26 Å². The maximum atomic E-state index is 11.5. The minimum absolute atomic E-state index is 0.233. The van der Waals surface area contributed by atoms with Crippen LogP contribution in [0.1, 0.15) is 40.0 Å². The number of rotatable bonds is 27. The first-order chi connectivity index (χ1) is 19.3. The van der Waals surface area contributed by atoms with Gasteiger partial charge < -0.3 is 43.2 Å². The van der Waals surface area contributed by atoms with Gasteiger partial charge in [-0.05, 0) is 27.2 Å². The maximum Gasteiger partial charge on any atom is 0.407 e. The Morgan fingerprint density at radius 2 is 1.20 bits per heavy atom. The Labute approximate surface area is 239 Å². The molecule has 0 saturated heterocycles. The molecule has 1 amide bonds. The average molecular weight is 578 g/mol. The molecule has 0 aromatic rings. The number of hydrogen-bond donors (Lipinski definition) is 1. The monoisotopic (exact) mass is 577 g/mol. The fraction of sp³-hybridized carbons (Fsp3) is 0.889. The lowest BCUT2D eigenvalue weighted by Crippen LogP contribution is -2.34. The van der Waals surface area contributed by atoms with Gasteiger partial charge in [0.15, 0.2) is 0 Å². The number of nitrogens with one attached hydrogen (secondary N) is 1. The Balaban J connectivity index is 3.58. The fourth-order valence-electron chi connectivity index (χ4n) is 2.97. The molecule has 0 aliphatic heterocycles. The molecule has 0 fully saturated rings. The number of nitriles is 1. The minimum Gasteiger partial charge on any atom is -0.469 e. The van der Waals surface area contributed by atoms with Gasteiger partial charge >= 0.3 is 12.1 Å². The van der Waals surface area contributed by atoms with Crippen LogP contribution in [0.2, 0.25) is 0 Å². The SMILES string of the molecule is COC(=O)CCCOCCOCCOCCN(CCC#N)CCOCCOCCOCCNC(=O)OC(C)(C)C. The molecule has 0 spiro atoms. The van der Waals surface area contributed by atoms with E-state index in [2.05, 4.69) is 21.0 Å². The number of hydrogen-bond acceptors (Lipinski definition) is 12. The molecule has 234 valence electrons. The highest BCUT2D eigenvalue weighted by Crippen LogP contribution is 2.06. The van der Waals surface area contributed by atoms with Gasteiger partial charge in [0.05, 0.1) is 85.9 Å². The van der Waals surface area contributed by atoms with Crippen molar-refractivity contribution in [2.45, 2.75) is 45.6 Å². The third kappa shape index (κ3) is 28.9. The van der Waals surface area contributed by atoms with Crippen LogP contribution in [0, 0.1) is 11.3 Å². The molecule has 13 heteroatoms. The zero-order valence-electron chi connectivity index (χ0n) is 24.9. The van der Waals surface area contributed by atoms with E-state index < -0.39 is 11.7 Å². The molecule has 0 rings (SSSR count). The zero-order valence-corrected chi connectivity index (χ0v) is 24.9. The highest BCUT2D eigenvalue weighted by Gasteiger charge is 2.15. The highest BCUT2D eigenvalue weighted by molar-refractivity contribution is 5.69. The molecule has 40 heavy (non-hydrogen) atoms. The van der Waals surface area contributed by atoms with Crippen molar-refractivity contribution in [1.82, 2.24) is 10.2 Å². The van der Waals surface area contributed by atoms with Crippen molar-refractivity contribution in [1.29, 1.82) is 5.26 Å². The number of nitrogens with zero attached hydrogens (tertiary/aromatic N) is 2. The number of esters is 1. The molecule has 0 aliphatic carbocycles. The van der Waals surface area contributed by atoms with Crippen LogP contribution in [0.25, 0.3) is 0 Å². The van der Waals surface area contributed by atoms with Crippen molar-refractivity contribution in [2.75, 3.05) is 113 Å². The van der Waals surface area contributed by atoms with Gasteiger partial charge in [-0.15, -0.1) is 0 Å². The lowest BCUT2D eigenvalue weighted by molar-refractivity contribution is -0.141. The summed E-state index contributed by atoms with van der Waals surface area (Å²) in [5.74, 6) is -0.233. The van der Waals surface area contributed by atoms with Gasteiger partial charge in [-0.3, -0.25) is 9.69 Å². The number of carbonyl (C=O) groups excluding carboxylic acids is 2. The average Bonchev–Trinajstić information content (AvgIpc) is 2.91. The fourth-order valence-corrected chi connectivity index (χ4v) is 2.97. The van der Waals surface area contributed by atoms with E-state index in [9.17, 15) is 9.59 Å². The topological polar surface area (TPSA) is 147 Å². The number of carbonyl (C=O) groups is 2. The Bertz CT molecular complexity index is 655. The molecule has 0 saturated carbocycles. The molecule has 1 N–H and O–H groups in total. The molecule has 0 unspecified atom stereocenters. The number of ether oxygens (including phenoxy) is 8. The van der Waals surface area contributed by atoms with E-state index >= 15 is 0 Å². The second kappa shape index (κ2) is 27.1. The van der Waals surface area contributed by atoms with Gasteiger partial charge in [0.25, 0.3) is 0 Å². The van der Waals surface area contributed by atoms with E-state index in [0.29, 0.717) is 125 Å². The standard InChI is InChI=1S/C27H51N3O10/c1-27(2,3)40-26(32)29-9-14-35-18-22-39-24-20-37-16-12-30(10-6-8-28)11-15-36-19-23-38-21-17-34-13-5-7-25(31)33-4/h5-7,9-24H2,1-4H3,(H,29,32). The Morgan fingerprint density at radius 3 is 1.68 bits per heavy atom. The molecule has 13 nitrogen and oxygen atoms in total. The molecule has 0 aromatic carbocycles. The van der Waals surface area contributed by atoms with Gasteiger partial charge in [-0.25, -0.2) is 4.79 Å². The Hall–Kier alpha value is -2.05. The maximum absolute atomic E-state index is 11.5. The smallest absolute Gasteiger partial charge is 0.407 e. The minimum atomic E-state index is -0.520. The molecule has 0 aliphatic rings. The van der Waals surface area contributed by atoms with E-state index in [1.807, 2.05) is 20.8 Å². The lowest BCUT2D eigenvalue weighted by atomic mass is 10.2. The van der Waals surface area contributed by atoms with E-state index in [1.54, 1.807) is 0 Å². The van der Waals surface area contributed by atoms with Crippen LogP contribution in [0.15, 0.2) is 0 Å². The van der Waals surface area contributed by atoms with Crippen LogP contribution < -0.4 is 5.32 Å². The van der Waals surface area contributed by atoms with Crippen molar-refractivity contribution >= 4 is 12.1 Å². The van der Waals surface area contributed by atoms with E-state index in [0.717, 1.165) is 0 Å². The molecule has 0 heterocycles. The largest absolute Gasteiger partial charge is 0.469 e. The van der Waals surface area contributed by atoms with Crippen LogP contribution in [-0.2, 0) is 42.7 Å². The van der Waals surface area contributed by atoms with Crippen LogP contribution in [0.4, 0.5) is 4.79 Å². The summed E-state index contributed by atoms with van der Waals surface area (Å²) in [5.41, 5.74) is -0.520. The summed E-state index contributed by atoms with van der Waals surface area (Å²) in [6, 6.07) is 2.17. The van der Waals surface area contributed by atoms with Gasteiger partial charge in [0, 0.05) is 45.6 Å². The first kappa shape index (κ1) is 38.0. The molecule has 0 bridgehead atoms. The van der Waals surface area contributed by atoms with Crippen LogP contribution in [-0.4, -0.2) is 135 Å². The molecule has 0 atom stereocenters. The van der Waals surface area contributed by atoms with Crippen LogP contribution >= 0.6 is 0 Å². The van der Waals surface area contributed by atoms with Crippen molar-refractivity contribution in [3.63, 3.8) is 0 Å². The van der Waals surface area contributed by atoms with Crippen molar-refractivity contribution in [2.24, 2.45) is 0 Å². The number of amides is 1. The van der Waals surface area contributed by atoms with Gasteiger partial charge in [0.1, 0.15) is 5.60 Å². The van der Waals surface area contributed by atoms with Crippen molar-refractivity contribution in [3.05, 3.63) is 0 Å². The quantitative estimate of drug-likeness (QED) is 0.112. The van der Waals surface area contributed by atoms with E-state index in [4.69, 9.17) is 38.4 Å². The lowest BCUT2D eigenvalue weighted by Gasteiger charge is -2.21. The zero-order chi connectivity index (χ0) is 29.7. The summed E-state index contributed by atoms with van der Waals surface area (Å²) in [4.78, 5) is 24.6. The first-order valence-corrected chi connectivity index (χ1v) is 13.9. The van der Waals surface area contributed by atoms with Gasteiger partial charge in [-0.1, -0.05) is 0 Å². The third-order valence-corrected chi connectivity index (χ3v) is 4.94. The Kier molecular flexibility index (Phi) is 25.7. The molecule has 0 aromatic heterocycles. The van der Waals surface area contributed by atoms with Crippen molar-refractivity contribution < 1.29 is 47.5 Å². The second-order valence-corrected chi connectivity index (χ2v) is 9.53. The summed E-state index contributed by atoms with van der Waals surface area (Å²) in [6.45, 7) is 13.5. The van der Waals surface area contributed by atoms with Gasteiger partial charge in [0.2, 0.25) is 0 Å². The molecule has 0 radical (unpaired) electrons. The highest BCUT2D eigenvalue weighted by atomic mass is 16.6. The Morgan fingerprint density at radius 1 is 0.725 bits per heavy atom. The van der Waals surface area contributed by atoms with E-state index in [-0.39, 0.29) is 5.97 Å². The van der Waals surface area contributed by atoms with Crippen molar-refractivity contribution in [3.8, 4) is 6.07 Å². The van der Waals surface area contributed by atoms with Crippen LogP contribution in [0.5, 0.6) is 0 Å². The summed E-state index contributed by atoms with van der Waals surface area (Å²) in [5, 5.41) is 11.5. The molecular weight excluding hydrogens is 526 g/mol. The third-order valence-electron chi connectivity index (χ3n) is 4.94. The predicted octanol–water partition coefficient (Wildman–Crippen LogP) is 1.78.